The zero-order valence-electron chi connectivity index (χ0n) is 15.3. The maximum atomic E-state index is 12.6. The average molecular weight is 366 g/mol. The van der Waals surface area contributed by atoms with Gasteiger partial charge in [0, 0.05) is 30.1 Å². The van der Waals surface area contributed by atoms with Crippen LogP contribution in [0.1, 0.15) is 22.3 Å². The number of thiocarbonyl (C=S) groups is 1. The normalized spacial score (nSPS) is 10.7. The van der Waals surface area contributed by atoms with Crippen molar-refractivity contribution < 1.29 is 0 Å². The number of benzene rings is 2. The van der Waals surface area contributed by atoms with Crippen molar-refractivity contribution >= 4 is 28.2 Å². The Hall–Kier alpha value is -2.66. The standard InChI is InChI=1S/C21H23N3OS/c1-14-9-15(2)18-11-17(20(25)23-19(18)10-14)13-24(21(26)22-3)12-16-7-5-4-6-8-16/h4-11H,12-13H2,1-3H3,(H,22,26)(H,23,25). The molecule has 0 bridgehead atoms. The quantitative estimate of drug-likeness (QED) is 0.693. The minimum absolute atomic E-state index is 0.0699. The van der Waals surface area contributed by atoms with Crippen molar-refractivity contribution in [3.05, 3.63) is 81.1 Å². The summed E-state index contributed by atoms with van der Waals surface area (Å²) in [6.07, 6.45) is 0. The van der Waals surface area contributed by atoms with Crippen LogP contribution in [0.5, 0.6) is 0 Å². The molecule has 0 fully saturated rings. The number of hydrogen-bond acceptors (Lipinski definition) is 2. The Kier molecular flexibility index (Phi) is 5.38. The minimum atomic E-state index is -0.0699. The molecule has 0 saturated carbocycles. The molecule has 5 heteroatoms. The molecule has 1 heterocycles. The highest BCUT2D eigenvalue weighted by molar-refractivity contribution is 7.80. The first-order chi connectivity index (χ1) is 12.5. The third-order valence-electron chi connectivity index (χ3n) is 4.47. The van der Waals surface area contributed by atoms with E-state index >= 15 is 0 Å². The first-order valence-corrected chi connectivity index (χ1v) is 9.02. The summed E-state index contributed by atoms with van der Waals surface area (Å²) in [5.41, 5.74) is 4.96. The number of aromatic amines is 1. The number of nitrogens with one attached hydrogen (secondary N) is 2. The summed E-state index contributed by atoms with van der Waals surface area (Å²) < 4.78 is 0. The highest BCUT2D eigenvalue weighted by Gasteiger charge is 2.13. The van der Waals surface area contributed by atoms with E-state index in [2.05, 4.69) is 35.4 Å². The summed E-state index contributed by atoms with van der Waals surface area (Å²) in [5, 5.41) is 4.72. The maximum Gasteiger partial charge on any atom is 0.253 e. The molecule has 4 nitrogen and oxygen atoms in total. The number of aryl methyl sites for hydroxylation is 2. The van der Waals surface area contributed by atoms with Gasteiger partial charge in [-0.1, -0.05) is 36.4 Å². The molecule has 2 N–H and O–H groups in total. The molecule has 0 radical (unpaired) electrons. The smallest absolute Gasteiger partial charge is 0.253 e. The van der Waals surface area contributed by atoms with Crippen LogP contribution >= 0.6 is 12.2 Å². The first kappa shape index (κ1) is 18.1. The van der Waals surface area contributed by atoms with Gasteiger partial charge in [-0.05, 0) is 54.9 Å². The van der Waals surface area contributed by atoms with Gasteiger partial charge in [0.05, 0.1) is 6.54 Å². The number of fused-ring (bicyclic) bond motifs is 1. The Morgan fingerprint density at radius 2 is 1.85 bits per heavy atom. The van der Waals surface area contributed by atoms with Crippen LogP contribution in [0.3, 0.4) is 0 Å². The Morgan fingerprint density at radius 1 is 1.12 bits per heavy atom. The van der Waals surface area contributed by atoms with Crippen LogP contribution in [0.25, 0.3) is 10.9 Å². The molecule has 0 aliphatic heterocycles. The number of aromatic nitrogens is 1. The van der Waals surface area contributed by atoms with E-state index in [9.17, 15) is 4.79 Å². The molecule has 3 rings (SSSR count). The molecule has 0 amide bonds. The lowest BCUT2D eigenvalue weighted by Crippen LogP contribution is -2.38. The molecule has 2 aromatic carbocycles. The van der Waals surface area contributed by atoms with Gasteiger partial charge in [-0.25, -0.2) is 0 Å². The second-order valence-corrected chi connectivity index (χ2v) is 6.95. The highest BCUT2D eigenvalue weighted by atomic mass is 32.1. The van der Waals surface area contributed by atoms with Crippen molar-refractivity contribution in [2.45, 2.75) is 26.9 Å². The van der Waals surface area contributed by atoms with Crippen LogP contribution in [0.4, 0.5) is 0 Å². The summed E-state index contributed by atoms with van der Waals surface area (Å²) >= 11 is 5.46. The van der Waals surface area contributed by atoms with E-state index in [1.807, 2.05) is 42.2 Å². The van der Waals surface area contributed by atoms with Crippen LogP contribution < -0.4 is 10.9 Å². The van der Waals surface area contributed by atoms with Gasteiger partial charge < -0.3 is 15.2 Å². The van der Waals surface area contributed by atoms with E-state index in [0.717, 1.165) is 27.6 Å². The van der Waals surface area contributed by atoms with Gasteiger partial charge in [0.15, 0.2) is 5.11 Å². The molecule has 0 aliphatic rings. The van der Waals surface area contributed by atoms with Crippen molar-refractivity contribution in [1.29, 1.82) is 0 Å². The van der Waals surface area contributed by atoms with E-state index in [0.29, 0.717) is 23.8 Å². The van der Waals surface area contributed by atoms with Crippen molar-refractivity contribution in [3.63, 3.8) is 0 Å². The predicted molar refractivity (Wildman–Crippen MR) is 111 cm³/mol. The lowest BCUT2D eigenvalue weighted by Gasteiger charge is -2.25. The second-order valence-electron chi connectivity index (χ2n) is 6.56. The number of hydrogen-bond donors (Lipinski definition) is 2. The SMILES string of the molecule is CNC(=S)N(Cc1ccccc1)Cc1cc2c(C)cc(C)cc2[nH]c1=O. The van der Waals surface area contributed by atoms with E-state index in [-0.39, 0.29) is 5.56 Å². The van der Waals surface area contributed by atoms with Crippen LogP contribution in [0.2, 0.25) is 0 Å². The van der Waals surface area contributed by atoms with Crippen molar-refractivity contribution in [3.8, 4) is 0 Å². The third-order valence-corrected chi connectivity index (χ3v) is 4.93. The number of rotatable bonds is 4. The van der Waals surface area contributed by atoms with Gasteiger partial charge in [-0.3, -0.25) is 4.79 Å². The van der Waals surface area contributed by atoms with E-state index in [1.165, 1.54) is 0 Å². The monoisotopic (exact) mass is 365 g/mol. The summed E-state index contributed by atoms with van der Waals surface area (Å²) in [6.45, 7) is 5.20. The van der Waals surface area contributed by atoms with Crippen molar-refractivity contribution in [2.24, 2.45) is 0 Å². The number of pyridine rings is 1. The fourth-order valence-corrected chi connectivity index (χ4v) is 3.33. The topological polar surface area (TPSA) is 48.1 Å². The average Bonchev–Trinajstić information content (AvgIpc) is 2.62. The number of H-pyrrole nitrogens is 1. The molecule has 0 spiro atoms. The van der Waals surface area contributed by atoms with Gasteiger partial charge in [-0.2, -0.15) is 0 Å². The van der Waals surface area contributed by atoms with Crippen LogP contribution in [0, 0.1) is 13.8 Å². The molecule has 3 aromatic rings. The Bertz CT molecular complexity index is 995. The second kappa shape index (κ2) is 7.70. The Balaban J connectivity index is 1.97. The van der Waals surface area contributed by atoms with E-state index in [1.54, 1.807) is 7.05 Å². The predicted octanol–water partition coefficient (Wildman–Crippen LogP) is 3.65. The lowest BCUT2D eigenvalue weighted by molar-refractivity contribution is 0.401. The fraction of sp³-hybridized carbons (Fsp3) is 0.238. The molecule has 0 saturated heterocycles. The zero-order valence-corrected chi connectivity index (χ0v) is 16.1. The van der Waals surface area contributed by atoms with Crippen molar-refractivity contribution in [2.75, 3.05) is 7.05 Å². The summed E-state index contributed by atoms with van der Waals surface area (Å²) in [7, 11) is 1.80. The fourth-order valence-electron chi connectivity index (χ4n) is 3.20. The third kappa shape index (κ3) is 3.94. The van der Waals surface area contributed by atoms with Gasteiger partial charge in [-0.15, -0.1) is 0 Å². The molecular formula is C21H23N3OS. The molecule has 0 atom stereocenters. The molecular weight excluding hydrogens is 342 g/mol. The van der Waals surface area contributed by atoms with Gasteiger partial charge in [0.1, 0.15) is 0 Å². The summed E-state index contributed by atoms with van der Waals surface area (Å²) in [6, 6.07) is 16.2. The van der Waals surface area contributed by atoms with E-state index < -0.39 is 0 Å². The van der Waals surface area contributed by atoms with Gasteiger partial charge >= 0.3 is 0 Å². The van der Waals surface area contributed by atoms with E-state index in [4.69, 9.17) is 12.2 Å². The molecule has 0 unspecified atom stereocenters. The van der Waals surface area contributed by atoms with Crippen LogP contribution in [0.15, 0.2) is 53.3 Å². The van der Waals surface area contributed by atoms with Gasteiger partial charge in [0.2, 0.25) is 0 Å². The van der Waals surface area contributed by atoms with Crippen LogP contribution in [-0.4, -0.2) is 22.0 Å². The summed E-state index contributed by atoms with van der Waals surface area (Å²) in [4.78, 5) is 17.6. The molecule has 1 aromatic heterocycles. The number of nitrogens with zero attached hydrogens (tertiary/aromatic N) is 1. The lowest BCUT2D eigenvalue weighted by atomic mass is 10.0. The highest BCUT2D eigenvalue weighted by Crippen LogP contribution is 2.19. The van der Waals surface area contributed by atoms with Gasteiger partial charge in [0.25, 0.3) is 5.56 Å². The zero-order chi connectivity index (χ0) is 18.7. The first-order valence-electron chi connectivity index (χ1n) is 8.61. The van der Waals surface area contributed by atoms with Crippen LogP contribution in [-0.2, 0) is 13.1 Å². The Labute approximate surface area is 158 Å². The Morgan fingerprint density at radius 3 is 2.54 bits per heavy atom. The van der Waals surface area contributed by atoms with Crippen molar-refractivity contribution in [1.82, 2.24) is 15.2 Å². The molecule has 0 aliphatic carbocycles. The molecule has 134 valence electrons. The summed E-state index contributed by atoms with van der Waals surface area (Å²) in [5.74, 6) is 0. The molecule has 26 heavy (non-hydrogen) atoms. The maximum absolute atomic E-state index is 12.6. The minimum Gasteiger partial charge on any atom is -0.366 e. The largest absolute Gasteiger partial charge is 0.366 e.